The molecule has 1 aliphatic heterocycles. The summed E-state index contributed by atoms with van der Waals surface area (Å²) >= 11 is 0. The van der Waals surface area contributed by atoms with Crippen molar-refractivity contribution in [3.05, 3.63) is 24.8 Å². The first-order valence-electron chi connectivity index (χ1n) is 8.01. The number of likely N-dealkylation sites (N-methyl/N-ethyl adjacent to an activating group) is 1. The van der Waals surface area contributed by atoms with Crippen LogP contribution in [0.1, 0.15) is 6.23 Å². The number of anilines is 1. The van der Waals surface area contributed by atoms with Gasteiger partial charge in [-0.1, -0.05) is 12.2 Å². The third kappa shape index (κ3) is 3.48. The first-order valence-corrected chi connectivity index (χ1v) is 8.01. The molecule has 0 amide bonds. The molecule has 0 bridgehead atoms. The van der Waals surface area contributed by atoms with Gasteiger partial charge in [-0.05, 0) is 7.05 Å². The molecule has 0 unspecified atom stereocenters. The summed E-state index contributed by atoms with van der Waals surface area (Å²) in [5.41, 5.74) is 12.1. The first kappa shape index (κ1) is 17.7. The van der Waals surface area contributed by atoms with Crippen LogP contribution in [0, 0.1) is 0 Å². The van der Waals surface area contributed by atoms with Crippen LogP contribution >= 0.6 is 0 Å². The highest BCUT2D eigenvalue weighted by atomic mass is 16.6. The van der Waals surface area contributed by atoms with Crippen LogP contribution in [0.5, 0.6) is 0 Å². The number of nitrogens with zero attached hydrogens (tertiary/aromatic N) is 5. The molecule has 10 heteroatoms. The van der Waals surface area contributed by atoms with Gasteiger partial charge in [0, 0.05) is 19.6 Å². The van der Waals surface area contributed by atoms with E-state index in [0.29, 0.717) is 30.8 Å². The summed E-state index contributed by atoms with van der Waals surface area (Å²) in [7, 11) is 1.90. The third-order valence-electron chi connectivity index (χ3n) is 4.21. The molecule has 4 atom stereocenters. The second-order valence-corrected chi connectivity index (χ2v) is 6.06. The van der Waals surface area contributed by atoms with E-state index in [4.69, 9.17) is 16.2 Å². The van der Waals surface area contributed by atoms with Crippen LogP contribution in [0.3, 0.4) is 0 Å². The van der Waals surface area contributed by atoms with Crippen molar-refractivity contribution in [1.82, 2.24) is 24.4 Å². The Bertz CT molecular complexity index is 750. The fourth-order valence-corrected chi connectivity index (χ4v) is 2.90. The Kier molecular flexibility index (Phi) is 5.25. The molecule has 1 aliphatic rings. The zero-order valence-electron chi connectivity index (χ0n) is 13.9. The lowest BCUT2D eigenvalue weighted by Crippen LogP contribution is -2.38. The number of hydrogen-bond donors (Lipinski definition) is 4. The molecule has 3 heterocycles. The quantitative estimate of drug-likeness (QED) is 0.456. The molecule has 10 nitrogen and oxygen atoms in total. The molecule has 1 fully saturated rings. The maximum atomic E-state index is 10.4. The Morgan fingerprint density at radius 2 is 2.08 bits per heavy atom. The van der Waals surface area contributed by atoms with Crippen molar-refractivity contribution < 1.29 is 14.9 Å². The van der Waals surface area contributed by atoms with Crippen LogP contribution in [-0.2, 0) is 4.74 Å². The lowest BCUT2D eigenvalue weighted by Gasteiger charge is -2.21. The van der Waals surface area contributed by atoms with Gasteiger partial charge in [0.1, 0.15) is 30.2 Å². The smallest absolute Gasteiger partial charge is 0.167 e. The van der Waals surface area contributed by atoms with Crippen molar-refractivity contribution in [2.24, 2.45) is 5.73 Å². The predicted molar refractivity (Wildman–Crippen MR) is 91.4 cm³/mol. The first-order chi connectivity index (χ1) is 12.0. The van der Waals surface area contributed by atoms with E-state index in [2.05, 4.69) is 15.0 Å². The normalized spacial score (nSPS) is 27.1. The molecule has 0 aliphatic carbocycles. The van der Waals surface area contributed by atoms with Gasteiger partial charge in [0.25, 0.3) is 0 Å². The molecule has 0 saturated carbocycles. The summed E-state index contributed by atoms with van der Waals surface area (Å²) < 4.78 is 7.45. The monoisotopic (exact) mass is 349 g/mol. The van der Waals surface area contributed by atoms with E-state index in [1.54, 1.807) is 4.57 Å². The topological polar surface area (TPSA) is 149 Å². The minimum absolute atomic E-state index is 0.250. The average Bonchev–Trinajstić information content (AvgIpc) is 3.13. The number of fused-ring (bicyclic) bond motifs is 1. The van der Waals surface area contributed by atoms with Gasteiger partial charge in [0.15, 0.2) is 17.7 Å². The average molecular weight is 349 g/mol. The Balaban J connectivity index is 1.75. The van der Waals surface area contributed by atoms with E-state index in [9.17, 15) is 10.2 Å². The van der Waals surface area contributed by atoms with Gasteiger partial charge in [-0.3, -0.25) is 4.57 Å². The Labute approximate surface area is 144 Å². The SMILES string of the molecule is CN(C/C=C/CN)C[C@H]1O[C@@H](n2cnc3c(N)ncnc32)[C@H](O)[C@@H]1O. The molecule has 0 radical (unpaired) electrons. The number of imidazole rings is 1. The van der Waals surface area contributed by atoms with Crippen molar-refractivity contribution in [3.8, 4) is 0 Å². The number of hydrogen-bond acceptors (Lipinski definition) is 9. The maximum absolute atomic E-state index is 10.4. The number of aliphatic hydroxyl groups excluding tert-OH is 2. The number of nitrogens with two attached hydrogens (primary N) is 2. The summed E-state index contributed by atoms with van der Waals surface area (Å²) in [6.45, 7) is 1.60. The summed E-state index contributed by atoms with van der Waals surface area (Å²) in [5.74, 6) is 0.250. The summed E-state index contributed by atoms with van der Waals surface area (Å²) in [6.07, 6.45) is 3.13. The van der Waals surface area contributed by atoms with Crippen molar-refractivity contribution in [2.75, 3.05) is 32.4 Å². The molecule has 3 rings (SSSR count). The minimum atomic E-state index is -1.11. The van der Waals surface area contributed by atoms with E-state index < -0.39 is 24.5 Å². The van der Waals surface area contributed by atoms with Gasteiger partial charge in [0.05, 0.1) is 6.33 Å². The van der Waals surface area contributed by atoms with E-state index >= 15 is 0 Å². The Hall–Kier alpha value is -2.11. The lowest BCUT2D eigenvalue weighted by molar-refractivity contribution is -0.0414. The van der Waals surface area contributed by atoms with Crippen molar-refractivity contribution in [3.63, 3.8) is 0 Å². The summed E-state index contributed by atoms with van der Waals surface area (Å²) in [4.78, 5) is 14.2. The van der Waals surface area contributed by atoms with Crippen molar-refractivity contribution in [2.45, 2.75) is 24.5 Å². The molecular weight excluding hydrogens is 326 g/mol. The van der Waals surface area contributed by atoms with Crippen LogP contribution in [0.15, 0.2) is 24.8 Å². The Morgan fingerprint density at radius 1 is 1.28 bits per heavy atom. The van der Waals surface area contributed by atoms with E-state index in [-0.39, 0.29) is 5.82 Å². The lowest BCUT2D eigenvalue weighted by atomic mass is 10.1. The molecule has 25 heavy (non-hydrogen) atoms. The largest absolute Gasteiger partial charge is 0.387 e. The second kappa shape index (κ2) is 7.42. The van der Waals surface area contributed by atoms with Crippen LogP contribution < -0.4 is 11.5 Å². The van der Waals surface area contributed by atoms with Gasteiger partial charge < -0.3 is 31.3 Å². The fourth-order valence-electron chi connectivity index (χ4n) is 2.90. The van der Waals surface area contributed by atoms with E-state index in [1.807, 2.05) is 24.1 Å². The number of nitrogen functional groups attached to an aromatic ring is 1. The van der Waals surface area contributed by atoms with Crippen LogP contribution in [0.2, 0.25) is 0 Å². The number of rotatable bonds is 6. The molecule has 136 valence electrons. The molecule has 2 aromatic rings. The Morgan fingerprint density at radius 3 is 2.84 bits per heavy atom. The zero-order valence-corrected chi connectivity index (χ0v) is 13.9. The standard InChI is InChI=1S/C15H23N7O3/c1-21(5-3-2-4-16)6-9-11(23)12(24)15(25-9)22-8-20-10-13(17)18-7-19-14(10)22/h2-3,7-9,11-12,15,23-24H,4-6,16H2,1H3,(H2,17,18,19)/b3-2+/t9-,11-,12-,15-/m1/s1. The summed E-state index contributed by atoms with van der Waals surface area (Å²) in [5, 5.41) is 20.8. The number of aromatic nitrogens is 4. The fraction of sp³-hybridized carbons (Fsp3) is 0.533. The van der Waals surface area contributed by atoms with Crippen LogP contribution in [0.25, 0.3) is 11.2 Å². The van der Waals surface area contributed by atoms with Crippen molar-refractivity contribution in [1.29, 1.82) is 0 Å². The van der Waals surface area contributed by atoms with Crippen LogP contribution in [0.4, 0.5) is 5.82 Å². The van der Waals surface area contributed by atoms with E-state index in [1.165, 1.54) is 12.7 Å². The van der Waals surface area contributed by atoms with Gasteiger partial charge in [-0.15, -0.1) is 0 Å². The summed E-state index contributed by atoms with van der Waals surface area (Å²) in [6, 6.07) is 0. The number of aliphatic hydroxyl groups is 2. The molecule has 6 N–H and O–H groups in total. The van der Waals surface area contributed by atoms with Gasteiger partial charge in [0.2, 0.25) is 0 Å². The third-order valence-corrected chi connectivity index (χ3v) is 4.21. The maximum Gasteiger partial charge on any atom is 0.167 e. The second-order valence-electron chi connectivity index (χ2n) is 6.06. The van der Waals surface area contributed by atoms with Gasteiger partial charge >= 0.3 is 0 Å². The van der Waals surface area contributed by atoms with Crippen LogP contribution in [-0.4, -0.2) is 79.6 Å². The highest BCUT2D eigenvalue weighted by Gasteiger charge is 2.44. The predicted octanol–water partition coefficient (Wildman–Crippen LogP) is -1.53. The molecule has 1 saturated heterocycles. The molecule has 2 aromatic heterocycles. The number of ether oxygens (including phenoxy) is 1. The molecule has 0 aromatic carbocycles. The molecular formula is C15H23N7O3. The van der Waals surface area contributed by atoms with Crippen molar-refractivity contribution >= 4 is 17.0 Å². The minimum Gasteiger partial charge on any atom is -0.387 e. The van der Waals surface area contributed by atoms with E-state index in [0.717, 1.165) is 0 Å². The van der Waals surface area contributed by atoms with Gasteiger partial charge in [-0.25, -0.2) is 15.0 Å². The van der Waals surface area contributed by atoms with Gasteiger partial charge in [-0.2, -0.15) is 0 Å². The molecule has 0 spiro atoms. The highest BCUT2D eigenvalue weighted by Crippen LogP contribution is 2.32. The zero-order chi connectivity index (χ0) is 18.0. The highest BCUT2D eigenvalue weighted by molar-refractivity contribution is 5.81.